The molecule has 0 aliphatic carbocycles. The molecule has 9 heteroatoms. The van der Waals surface area contributed by atoms with Crippen LogP contribution in [-0.4, -0.2) is 65.1 Å². The molecule has 0 bridgehead atoms. The Balaban J connectivity index is 0.00000338. The number of rotatable bonds is 5. The third-order valence-electron chi connectivity index (χ3n) is 3.83. The van der Waals surface area contributed by atoms with E-state index in [0.717, 1.165) is 45.0 Å². The number of nitrogens with one attached hydrogen (secondary N) is 2. The quantitative estimate of drug-likeness (QED) is 0.293. The van der Waals surface area contributed by atoms with Crippen LogP contribution in [0.5, 0.6) is 0 Å². The monoisotopic (exact) mass is 478 g/mol. The molecule has 1 saturated heterocycles. The number of alkyl carbamates (subject to hydrolysis) is 1. The number of ether oxygens (including phenoxy) is 1. The number of likely N-dealkylation sites (tertiary alicyclic amines) is 1. The van der Waals surface area contributed by atoms with E-state index >= 15 is 0 Å². The van der Waals surface area contributed by atoms with E-state index < -0.39 is 5.60 Å². The van der Waals surface area contributed by atoms with Crippen molar-refractivity contribution < 1.29 is 9.53 Å². The van der Waals surface area contributed by atoms with Crippen molar-refractivity contribution in [3.05, 3.63) is 18.5 Å². The van der Waals surface area contributed by atoms with Crippen LogP contribution in [-0.2, 0) is 11.3 Å². The number of nitrogens with zero attached hydrogens (tertiary/aromatic N) is 4. The summed E-state index contributed by atoms with van der Waals surface area (Å²) < 4.78 is 7.23. The maximum Gasteiger partial charge on any atom is 0.407 e. The molecule has 26 heavy (non-hydrogen) atoms. The van der Waals surface area contributed by atoms with Gasteiger partial charge in [0.05, 0.1) is 6.04 Å². The summed E-state index contributed by atoms with van der Waals surface area (Å²) in [6.07, 6.45) is 5.24. The third kappa shape index (κ3) is 7.79. The van der Waals surface area contributed by atoms with Crippen LogP contribution in [0.15, 0.2) is 23.5 Å². The van der Waals surface area contributed by atoms with Crippen LogP contribution in [0.2, 0.25) is 0 Å². The number of guanidine groups is 1. The van der Waals surface area contributed by atoms with Gasteiger partial charge >= 0.3 is 6.09 Å². The van der Waals surface area contributed by atoms with Crippen molar-refractivity contribution in [2.45, 2.75) is 51.8 Å². The Morgan fingerprint density at radius 3 is 2.81 bits per heavy atom. The summed E-state index contributed by atoms with van der Waals surface area (Å²) in [5, 5.41) is 10.5. The van der Waals surface area contributed by atoms with Crippen molar-refractivity contribution in [1.29, 1.82) is 0 Å². The Kier molecular flexibility index (Phi) is 9.17. The molecular weight excluding hydrogens is 447 g/mol. The van der Waals surface area contributed by atoms with Crippen LogP contribution in [0.25, 0.3) is 0 Å². The highest BCUT2D eigenvalue weighted by Crippen LogP contribution is 2.12. The van der Waals surface area contributed by atoms with Crippen LogP contribution in [0.4, 0.5) is 4.79 Å². The van der Waals surface area contributed by atoms with E-state index in [4.69, 9.17) is 4.74 Å². The van der Waals surface area contributed by atoms with Crippen LogP contribution in [0, 0.1) is 0 Å². The summed E-state index contributed by atoms with van der Waals surface area (Å²) in [6, 6.07) is 2.01. The van der Waals surface area contributed by atoms with Gasteiger partial charge in [0.25, 0.3) is 0 Å². The van der Waals surface area contributed by atoms with Crippen LogP contribution in [0.3, 0.4) is 0 Å². The van der Waals surface area contributed by atoms with Gasteiger partial charge in [-0.3, -0.25) is 9.67 Å². The topological polar surface area (TPSA) is 83.8 Å². The lowest BCUT2D eigenvalue weighted by Gasteiger charge is -2.23. The first kappa shape index (κ1) is 22.5. The van der Waals surface area contributed by atoms with Gasteiger partial charge < -0.3 is 20.3 Å². The van der Waals surface area contributed by atoms with E-state index in [1.807, 2.05) is 37.7 Å². The van der Waals surface area contributed by atoms with E-state index in [0.29, 0.717) is 0 Å². The predicted molar refractivity (Wildman–Crippen MR) is 113 cm³/mol. The lowest BCUT2D eigenvalue weighted by molar-refractivity contribution is 0.0507. The number of halogens is 1. The minimum atomic E-state index is -0.478. The summed E-state index contributed by atoms with van der Waals surface area (Å²) in [4.78, 5) is 18.4. The molecule has 148 valence electrons. The standard InChI is InChI=1S/C17H30N6O2.HI/c1-17(2,3)25-16(24)21-14-7-12-22(13-14)15(18-4)19-8-5-10-23-11-6-9-20-23;/h6,9,11,14H,5,7-8,10,12-13H2,1-4H3,(H,18,19)(H,21,24);1H. The SMILES string of the molecule is CN=C(NCCCn1cccn1)N1CCC(NC(=O)OC(C)(C)C)C1.I. The highest BCUT2D eigenvalue weighted by molar-refractivity contribution is 14.0. The van der Waals surface area contributed by atoms with Crippen LogP contribution >= 0.6 is 24.0 Å². The molecule has 2 heterocycles. The molecule has 1 amide bonds. The fourth-order valence-electron chi connectivity index (χ4n) is 2.75. The average Bonchev–Trinajstić information content (AvgIpc) is 3.17. The van der Waals surface area contributed by atoms with Crippen molar-refractivity contribution in [3.63, 3.8) is 0 Å². The molecule has 0 aromatic carbocycles. The molecule has 1 aromatic heterocycles. The fourth-order valence-corrected chi connectivity index (χ4v) is 2.75. The molecule has 1 unspecified atom stereocenters. The van der Waals surface area contributed by atoms with Crippen molar-refractivity contribution in [2.75, 3.05) is 26.7 Å². The molecule has 0 radical (unpaired) electrons. The van der Waals surface area contributed by atoms with Gasteiger partial charge in [-0.05, 0) is 39.7 Å². The molecular formula is C17H31IN6O2. The first-order valence-corrected chi connectivity index (χ1v) is 8.80. The summed E-state index contributed by atoms with van der Waals surface area (Å²) in [7, 11) is 1.78. The van der Waals surface area contributed by atoms with Gasteiger partial charge in [-0.25, -0.2) is 4.79 Å². The van der Waals surface area contributed by atoms with E-state index in [-0.39, 0.29) is 36.1 Å². The molecule has 0 spiro atoms. The maximum absolute atomic E-state index is 11.9. The number of hydrogen-bond donors (Lipinski definition) is 2. The lowest BCUT2D eigenvalue weighted by Crippen LogP contribution is -2.44. The number of carbonyl (C=O) groups excluding carboxylic acids is 1. The largest absolute Gasteiger partial charge is 0.444 e. The van der Waals surface area contributed by atoms with Gasteiger partial charge in [0.15, 0.2) is 5.96 Å². The second kappa shape index (κ2) is 10.6. The number of amides is 1. The smallest absolute Gasteiger partial charge is 0.407 e. The average molecular weight is 478 g/mol. The summed E-state index contributed by atoms with van der Waals surface area (Å²) in [5.74, 6) is 0.869. The lowest BCUT2D eigenvalue weighted by atomic mass is 10.2. The maximum atomic E-state index is 11.9. The highest BCUT2D eigenvalue weighted by atomic mass is 127. The van der Waals surface area contributed by atoms with E-state index in [1.165, 1.54) is 0 Å². The highest BCUT2D eigenvalue weighted by Gasteiger charge is 2.27. The van der Waals surface area contributed by atoms with Gasteiger partial charge in [0.1, 0.15) is 5.60 Å². The number of aliphatic imine (C=N–C) groups is 1. The number of hydrogen-bond acceptors (Lipinski definition) is 4. The second-order valence-corrected chi connectivity index (χ2v) is 7.17. The van der Waals surface area contributed by atoms with E-state index in [1.54, 1.807) is 13.2 Å². The molecule has 2 N–H and O–H groups in total. The predicted octanol–water partition coefficient (Wildman–Crippen LogP) is 2.07. The van der Waals surface area contributed by atoms with Crippen LogP contribution in [0.1, 0.15) is 33.6 Å². The third-order valence-corrected chi connectivity index (χ3v) is 3.83. The zero-order valence-corrected chi connectivity index (χ0v) is 18.4. The first-order chi connectivity index (χ1) is 11.9. The van der Waals surface area contributed by atoms with Gasteiger partial charge in [0, 0.05) is 45.6 Å². The number of carbonyl (C=O) groups is 1. The zero-order valence-electron chi connectivity index (χ0n) is 16.1. The number of aromatic nitrogens is 2. The summed E-state index contributed by atoms with van der Waals surface area (Å²) in [5.41, 5.74) is -0.478. The molecule has 0 saturated carbocycles. The normalized spacial score (nSPS) is 17.6. The molecule has 1 atom stereocenters. The van der Waals surface area contributed by atoms with E-state index in [9.17, 15) is 4.79 Å². The minimum absolute atomic E-state index is 0. The second-order valence-electron chi connectivity index (χ2n) is 7.17. The zero-order chi connectivity index (χ0) is 18.3. The van der Waals surface area contributed by atoms with Gasteiger partial charge in [-0.2, -0.15) is 5.10 Å². The van der Waals surface area contributed by atoms with Crippen molar-refractivity contribution in [2.24, 2.45) is 4.99 Å². The molecule has 2 rings (SSSR count). The Labute approximate surface area is 172 Å². The Morgan fingerprint density at radius 2 is 2.19 bits per heavy atom. The fraction of sp³-hybridized carbons (Fsp3) is 0.706. The molecule has 1 aromatic rings. The summed E-state index contributed by atoms with van der Waals surface area (Å²) >= 11 is 0. The molecule has 1 aliphatic heterocycles. The van der Waals surface area contributed by atoms with Gasteiger partial charge in [-0.1, -0.05) is 0 Å². The Bertz CT molecular complexity index is 570. The van der Waals surface area contributed by atoms with Gasteiger partial charge in [0.2, 0.25) is 0 Å². The van der Waals surface area contributed by atoms with Crippen LogP contribution < -0.4 is 10.6 Å². The van der Waals surface area contributed by atoms with Gasteiger partial charge in [-0.15, -0.1) is 24.0 Å². The van der Waals surface area contributed by atoms with Crippen molar-refractivity contribution >= 4 is 36.0 Å². The van der Waals surface area contributed by atoms with Crippen molar-refractivity contribution in [3.8, 4) is 0 Å². The molecule has 8 nitrogen and oxygen atoms in total. The van der Waals surface area contributed by atoms with E-state index in [2.05, 4.69) is 25.6 Å². The molecule has 1 aliphatic rings. The first-order valence-electron chi connectivity index (χ1n) is 8.80. The van der Waals surface area contributed by atoms with Crippen molar-refractivity contribution in [1.82, 2.24) is 25.3 Å². The Hall–Kier alpha value is -1.52. The number of aryl methyl sites for hydroxylation is 1. The minimum Gasteiger partial charge on any atom is -0.444 e. The Morgan fingerprint density at radius 1 is 1.42 bits per heavy atom. The molecule has 1 fully saturated rings. The summed E-state index contributed by atoms with van der Waals surface area (Å²) in [6.45, 7) is 8.89.